The van der Waals surface area contributed by atoms with Crippen molar-refractivity contribution in [3.05, 3.63) is 21.9 Å². The molecule has 3 rings (SSSR count). The fourth-order valence-corrected chi connectivity index (χ4v) is 4.25. The van der Waals surface area contributed by atoms with Crippen molar-refractivity contribution in [1.29, 1.82) is 0 Å². The van der Waals surface area contributed by atoms with Crippen LogP contribution in [0.1, 0.15) is 29.7 Å². The van der Waals surface area contributed by atoms with Crippen molar-refractivity contribution in [1.82, 2.24) is 4.90 Å². The van der Waals surface area contributed by atoms with Crippen LogP contribution in [0.25, 0.3) is 0 Å². The van der Waals surface area contributed by atoms with E-state index in [0.717, 1.165) is 23.9 Å². The highest BCUT2D eigenvalue weighted by Crippen LogP contribution is 2.38. The van der Waals surface area contributed by atoms with Gasteiger partial charge in [0.25, 0.3) is 0 Å². The van der Waals surface area contributed by atoms with E-state index in [0.29, 0.717) is 0 Å². The fraction of sp³-hybridized carbons (Fsp3) is 0.600. The van der Waals surface area contributed by atoms with Crippen LogP contribution < -0.4 is 0 Å². The van der Waals surface area contributed by atoms with Crippen molar-refractivity contribution in [3.63, 3.8) is 0 Å². The molecule has 2 fully saturated rings. The average molecular weight is 261 g/mol. The van der Waals surface area contributed by atoms with Gasteiger partial charge >= 0.3 is 0 Å². The molecule has 18 heavy (non-hydrogen) atoms. The van der Waals surface area contributed by atoms with Crippen molar-refractivity contribution in [3.8, 4) is 11.8 Å². The van der Waals surface area contributed by atoms with Crippen molar-refractivity contribution >= 4 is 11.3 Å². The third-order valence-electron chi connectivity index (χ3n) is 4.22. The van der Waals surface area contributed by atoms with E-state index in [1.165, 1.54) is 37.2 Å². The number of aliphatic hydroxyl groups excluding tert-OH is 1. The van der Waals surface area contributed by atoms with E-state index in [1.807, 2.05) is 0 Å². The maximum Gasteiger partial charge on any atom is 0.104 e. The molecule has 1 aromatic heterocycles. The molecule has 1 N–H and O–H groups in total. The normalized spacial score (nSPS) is 26.9. The molecular weight excluding hydrogens is 242 g/mol. The lowest BCUT2D eigenvalue weighted by Gasteiger charge is -2.15. The molecule has 0 amide bonds. The van der Waals surface area contributed by atoms with Crippen molar-refractivity contribution in [2.24, 2.45) is 11.8 Å². The predicted octanol–water partition coefficient (Wildman–Crippen LogP) is 2.32. The smallest absolute Gasteiger partial charge is 0.104 e. The molecule has 2 aliphatic rings. The van der Waals surface area contributed by atoms with Crippen LogP contribution >= 0.6 is 11.3 Å². The Bertz CT molecular complexity index is 458. The number of rotatable bonds is 2. The molecular formula is C15H19NOS. The molecule has 0 bridgehead atoms. The predicted molar refractivity (Wildman–Crippen MR) is 74.4 cm³/mol. The summed E-state index contributed by atoms with van der Waals surface area (Å²) in [5, 5.41) is 10.9. The second kappa shape index (κ2) is 5.44. The van der Waals surface area contributed by atoms with Gasteiger partial charge in [0, 0.05) is 30.1 Å². The summed E-state index contributed by atoms with van der Waals surface area (Å²) < 4.78 is 0. The molecule has 3 heteroatoms. The summed E-state index contributed by atoms with van der Waals surface area (Å²) in [6, 6.07) is 2.07. The average Bonchev–Trinajstić information content (AvgIpc) is 3.02. The van der Waals surface area contributed by atoms with Crippen LogP contribution in [0.3, 0.4) is 0 Å². The molecule has 1 aromatic rings. The molecule has 2 unspecified atom stereocenters. The van der Waals surface area contributed by atoms with Gasteiger partial charge in [-0.25, -0.2) is 0 Å². The summed E-state index contributed by atoms with van der Waals surface area (Å²) in [5.41, 5.74) is 1.10. The summed E-state index contributed by atoms with van der Waals surface area (Å²) in [6.45, 7) is 3.54. The van der Waals surface area contributed by atoms with E-state index < -0.39 is 0 Å². The van der Waals surface area contributed by atoms with Crippen molar-refractivity contribution in [2.45, 2.75) is 25.8 Å². The fourth-order valence-electron chi connectivity index (χ4n) is 3.37. The monoisotopic (exact) mass is 261 g/mol. The number of nitrogens with zero attached hydrogens (tertiary/aromatic N) is 1. The Morgan fingerprint density at radius 2 is 2.11 bits per heavy atom. The van der Waals surface area contributed by atoms with E-state index in [2.05, 4.69) is 28.2 Å². The number of fused-ring (bicyclic) bond motifs is 1. The van der Waals surface area contributed by atoms with Gasteiger partial charge in [0.15, 0.2) is 0 Å². The molecule has 2 atom stereocenters. The zero-order valence-electron chi connectivity index (χ0n) is 10.6. The summed E-state index contributed by atoms with van der Waals surface area (Å²) in [6.07, 6.45) is 4.31. The first-order valence-electron chi connectivity index (χ1n) is 6.75. The first-order chi connectivity index (χ1) is 8.86. The number of hydrogen-bond acceptors (Lipinski definition) is 3. The molecule has 1 saturated heterocycles. The van der Waals surface area contributed by atoms with Gasteiger partial charge in [0.05, 0.1) is 0 Å². The lowest BCUT2D eigenvalue weighted by Crippen LogP contribution is -2.20. The number of aliphatic hydroxyl groups is 1. The van der Waals surface area contributed by atoms with Crippen molar-refractivity contribution < 1.29 is 5.11 Å². The highest BCUT2D eigenvalue weighted by Gasteiger charge is 2.35. The van der Waals surface area contributed by atoms with Gasteiger partial charge in [-0.3, -0.25) is 4.90 Å². The Hall–Kier alpha value is -0.820. The number of hydrogen-bond donors (Lipinski definition) is 1. The van der Waals surface area contributed by atoms with Crippen LogP contribution in [0.15, 0.2) is 11.4 Å². The lowest BCUT2D eigenvalue weighted by atomic mass is 10.0. The molecule has 2 heterocycles. The molecule has 0 spiro atoms. The topological polar surface area (TPSA) is 23.5 Å². The summed E-state index contributed by atoms with van der Waals surface area (Å²) >= 11 is 1.79. The maximum atomic E-state index is 8.77. The standard InChI is InChI=1S/C15H19NOS/c17-7-2-5-12-6-8-18-15(12)11-16-9-13-3-1-4-14(13)10-16/h6,8,13-14,17H,1,3-4,7,9-11H2. The number of thiophene rings is 1. The van der Waals surface area contributed by atoms with Gasteiger partial charge < -0.3 is 5.11 Å². The van der Waals surface area contributed by atoms with E-state index in [4.69, 9.17) is 5.11 Å². The van der Waals surface area contributed by atoms with E-state index in [1.54, 1.807) is 11.3 Å². The second-order valence-electron chi connectivity index (χ2n) is 5.36. The summed E-state index contributed by atoms with van der Waals surface area (Å²) in [5.74, 6) is 7.71. The Balaban J connectivity index is 1.65. The van der Waals surface area contributed by atoms with Gasteiger partial charge in [-0.2, -0.15) is 0 Å². The Morgan fingerprint density at radius 1 is 1.33 bits per heavy atom. The molecule has 2 nitrogen and oxygen atoms in total. The van der Waals surface area contributed by atoms with Crippen LogP contribution in [0.2, 0.25) is 0 Å². The van der Waals surface area contributed by atoms with Gasteiger partial charge in [-0.15, -0.1) is 11.3 Å². The first kappa shape index (κ1) is 12.2. The SMILES string of the molecule is OCC#Cc1ccsc1CN1CC2CCCC2C1. The molecule has 1 aliphatic heterocycles. The Kier molecular flexibility index (Phi) is 3.69. The molecule has 1 saturated carbocycles. The highest BCUT2D eigenvalue weighted by molar-refractivity contribution is 7.10. The quantitative estimate of drug-likeness (QED) is 0.826. The van der Waals surface area contributed by atoms with E-state index in [-0.39, 0.29) is 6.61 Å². The van der Waals surface area contributed by atoms with Gasteiger partial charge in [0.1, 0.15) is 6.61 Å². The van der Waals surface area contributed by atoms with Gasteiger partial charge in [0.2, 0.25) is 0 Å². The molecule has 1 aliphatic carbocycles. The minimum atomic E-state index is -0.0524. The minimum absolute atomic E-state index is 0.0524. The number of likely N-dealkylation sites (tertiary alicyclic amines) is 1. The van der Waals surface area contributed by atoms with Crippen LogP contribution in [0.4, 0.5) is 0 Å². The van der Waals surface area contributed by atoms with Crippen LogP contribution in [-0.4, -0.2) is 29.7 Å². The third-order valence-corrected chi connectivity index (χ3v) is 5.12. The molecule has 0 radical (unpaired) electrons. The van der Waals surface area contributed by atoms with Crippen LogP contribution in [0.5, 0.6) is 0 Å². The van der Waals surface area contributed by atoms with Crippen molar-refractivity contribution in [2.75, 3.05) is 19.7 Å². The zero-order chi connectivity index (χ0) is 12.4. The maximum absolute atomic E-state index is 8.77. The largest absolute Gasteiger partial charge is 0.384 e. The summed E-state index contributed by atoms with van der Waals surface area (Å²) in [7, 11) is 0. The molecule has 96 valence electrons. The Labute approximate surface area is 113 Å². The highest BCUT2D eigenvalue weighted by atomic mass is 32.1. The van der Waals surface area contributed by atoms with Crippen LogP contribution in [0, 0.1) is 23.7 Å². The van der Waals surface area contributed by atoms with E-state index >= 15 is 0 Å². The summed E-state index contributed by atoms with van der Waals surface area (Å²) in [4.78, 5) is 3.95. The van der Waals surface area contributed by atoms with Gasteiger partial charge in [-0.05, 0) is 36.1 Å². The third kappa shape index (κ3) is 2.47. The first-order valence-corrected chi connectivity index (χ1v) is 7.63. The van der Waals surface area contributed by atoms with E-state index in [9.17, 15) is 0 Å². The zero-order valence-corrected chi connectivity index (χ0v) is 11.4. The Morgan fingerprint density at radius 3 is 2.83 bits per heavy atom. The van der Waals surface area contributed by atoms with Crippen LogP contribution in [-0.2, 0) is 6.54 Å². The lowest BCUT2D eigenvalue weighted by molar-refractivity contribution is 0.306. The minimum Gasteiger partial charge on any atom is -0.384 e. The second-order valence-corrected chi connectivity index (χ2v) is 6.36. The molecule has 0 aromatic carbocycles. The van der Waals surface area contributed by atoms with Gasteiger partial charge in [-0.1, -0.05) is 18.3 Å².